The van der Waals surface area contributed by atoms with Gasteiger partial charge >= 0.3 is 0 Å². The molecule has 1 aromatic rings. The number of nitrogens with two attached hydrogens (primary N) is 1. The minimum Gasteiger partial charge on any atom is -0.324 e. The summed E-state index contributed by atoms with van der Waals surface area (Å²) in [5.74, 6) is -0.976. The lowest BCUT2D eigenvalue weighted by Crippen LogP contribution is -2.11. The minimum absolute atomic E-state index is 0.210. The van der Waals surface area contributed by atoms with Crippen molar-refractivity contribution in [3.63, 3.8) is 0 Å². The third-order valence-corrected chi connectivity index (χ3v) is 2.79. The standard InChI is InChI=1S/C11H13F2N/c12-7-5-9-8(10(13)6-7)3-1-2-4-11(9)14/h5-6,11H,1-4,14H2. The molecule has 3 heteroatoms. The fourth-order valence-electron chi connectivity index (χ4n) is 2.04. The van der Waals surface area contributed by atoms with E-state index >= 15 is 0 Å². The molecule has 0 spiro atoms. The first kappa shape index (κ1) is 9.59. The van der Waals surface area contributed by atoms with Gasteiger partial charge in [0.2, 0.25) is 0 Å². The van der Waals surface area contributed by atoms with Crippen LogP contribution in [0.2, 0.25) is 0 Å². The third kappa shape index (κ3) is 1.64. The van der Waals surface area contributed by atoms with Crippen molar-refractivity contribution in [3.8, 4) is 0 Å². The van der Waals surface area contributed by atoms with Crippen molar-refractivity contribution in [1.82, 2.24) is 0 Å². The summed E-state index contributed by atoms with van der Waals surface area (Å²) < 4.78 is 26.4. The van der Waals surface area contributed by atoms with Crippen molar-refractivity contribution in [2.24, 2.45) is 5.73 Å². The van der Waals surface area contributed by atoms with E-state index in [2.05, 4.69) is 0 Å². The number of hydrogen-bond donors (Lipinski definition) is 1. The van der Waals surface area contributed by atoms with Crippen molar-refractivity contribution < 1.29 is 8.78 Å². The van der Waals surface area contributed by atoms with E-state index in [9.17, 15) is 8.78 Å². The molecule has 0 saturated heterocycles. The fraction of sp³-hybridized carbons (Fsp3) is 0.455. The van der Waals surface area contributed by atoms with Gasteiger partial charge in [0.25, 0.3) is 0 Å². The molecule has 1 atom stereocenters. The fourth-order valence-corrected chi connectivity index (χ4v) is 2.04. The van der Waals surface area contributed by atoms with E-state index in [1.807, 2.05) is 0 Å². The quantitative estimate of drug-likeness (QED) is 0.636. The lowest BCUT2D eigenvalue weighted by Gasteiger charge is -2.12. The van der Waals surface area contributed by atoms with E-state index in [1.165, 1.54) is 6.07 Å². The first-order chi connectivity index (χ1) is 6.68. The van der Waals surface area contributed by atoms with Gasteiger partial charge in [-0.25, -0.2) is 8.78 Å². The van der Waals surface area contributed by atoms with Gasteiger partial charge in [0, 0.05) is 12.1 Å². The summed E-state index contributed by atoms with van der Waals surface area (Å²) in [6.07, 6.45) is 3.41. The maximum atomic E-state index is 13.4. The molecular weight excluding hydrogens is 184 g/mol. The maximum Gasteiger partial charge on any atom is 0.129 e. The summed E-state index contributed by atoms with van der Waals surface area (Å²) in [6, 6.07) is 2.10. The number of rotatable bonds is 0. The number of hydrogen-bond acceptors (Lipinski definition) is 1. The highest BCUT2D eigenvalue weighted by Gasteiger charge is 2.19. The molecule has 2 N–H and O–H groups in total. The van der Waals surface area contributed by atoms with Crippen LogP contribution in [0.15, 0.2) is 12.1 Å². The normalized spacial score (nSPS) is 21.5. The Morgan fingerprint density at radius 2 is 2.00 bits per heavy atom. The largest absolute Gasteiger partial charge is 0.324 e. The van der Waals surface area contributed by atoms with Crippen LogP contribution in [-0.4, -0.2) is 0 Å². The van der Waals surface area contributed by atoms with E-state index < -0.39 is 11.6 Å². The molecule has 1 unspecified atom stereocenters. The third-order valence-electron chi connectivity index (χ3n) is 2.79. The summed E-state index contributed by atoms with van der Waals surface area (Å²) in [5, 5.41) is 0. The van der Waals surface area contributed by atoms with Crippen molar-refractivity contribution in [2.45, 2.75) is 31.7 Å². The molecule has 1 aliphatic carbocycles. The molecule has 0 saturated carbocycles. The summed E-state index contributed by atoms with van der Waals surface area (Å²) in [4.78, 5) is 0. The van der Waals surface area contributed by atoms with Gasteiger partial charge in [-0.2, -0.15) is 0 Å². The Kier molecular flexibility index (Phi) is 2.50. The summed E-state index contributed by atoms with van der Waals surface area (Å²) in [7, 11) is 0. The van der Waals surface area contributed by atoms with Crippen LogP contribution in [0.3, 0.4) is 0 Å². The van der Waals surface area contributed by atoms with Crippen LogP contribution in [0, 0.1) is 11.6 Å². The van der Waals surface area contributed by atoms with E-state index in [-0.39, 0.29) is 6.04 Å². The molecule has 1 aromatic carbocycles. The minimum atomic E-state index is -0.529. The molecule has 14 heavy (non-hydrogen) atoms. The number of fused-ring (bicyclic) bond motifs is 1. The predicted octanol–water partition coefficient (Wildman–Crippen LogP) is 2.69. The van der Waals surface area contributed by atoms with Crippen LogP contribution in [0.25, 0.3) is 0 Å². The Labute approximate surface area is 81.9 Å². The van der Waals surface area contributed by atoms with Crippen molar-refractivity contribution >= 4 is 0 Å². The van der Waals surface area contributed by atoms with E-state index in [4.69, 9.17) is 5.73 Å². The van der Waals surface area contributed by atoms with Crippen LogP contribution in [0.1, 0.15) is 36.4 Å². The molecular formula is C11H13F2N. The topological polar surface area (TPSA) is 26.0 Å². The second-order valence-corrected chi connectivity index (χ2v) is 3.81. The highest BCUT2D eigenvalue weighted by molar-refractivity contribution is 5.33. The molecule has 0 aromatic heterocycles. The van der Waals surface area contributed by atoms with Gasteiger partial charge < -0.3 is 5.73 Å². The van der Waals surface area contributed by atoms with Crippen LogP contribution in [0.5, 0.6) is 0 Å². The van der Waals surface area contributed by atoms with E-state index in [1.54, 1.807) is 0 Å². The zero-order valence-electron chi connectivity index (χ0n) is 7.89. The smallest absolute Gasteiger partial charge is 0.129 e. The van der Waals surface area contributed by atoms with Crippen LogP contribution >= 0.6 is 0 Å². The lowest BCUT2D eigenvalue weighted by molar-refractivity contribution is 0.563. The first-order valence-electron chi connectivity index (χ1n) is 4.92. The average molecular weight is 197 g/mol. The molecule has 76 valence electrons. The van der Waals surface area contributed by atoms with Crippen LogP contribution in [0.4, 0.5) is 8.78 Å². The highest BCUT2D eigenvalue weighted by atomic mass is 19.1. The van der Waals surface area contributed by atoms with Crippen LogP contribution < -0.4 is 5.73 Å². The van der Waals surface area contributed by atoms with Crippen LogP contribution in [-0.2, 0) is 6.42 Å². The van der Waals surface area contributed by atoms with Gasteiger partial charge in [-0.3, -0.25) is 0 Å². The maximum absolute atomic E-state index is 13.4. The summed E-state index contributed by atoms with van der Waals surface area (Å²) in [6.45, 7) is 0. The zero-order chi connectivity index (χ0) is 10.1. The second-order valence-electron chi connectivity index (χ2n) is 3.81. The molecule has 0 amide bonds. The predicted molar refractivity (Wildman–Crippen MR) is 50.8 cm³/mol. The highest BCUT2D eigenvalue weighted by Crippen LogP contribution is 2.29. The molecule has 0 heterocycles. The van der Waals surface area contributed by atoms with Crippen molar-refractivity contribution in [3.05, 3.63) is 34.9 Å². The van der Waals surface area contributed by atoms with Gasteiger partial charge in [-0.05, 0) is 36.5 Å². The Bertz CT molecular complexity index is 349. The van der Waals surface area contributed by atoms with Gasteiger partial charge in [0.1, 0.15) is 11.6 Å². The molecule has 0 radical (unpaired) electrons. The van der Waals surface area contributed by atoms with Gasteiger partial charge in [-0.15, -0.1) is 0 Å². The molecule has 1 nitrogen and oxygen atoms in total. The van der Waals surface area contributed by atoms with Crippen molar-refractivity contribution in [1.29, 1.82) is 0 Å². The molecule has 2 rings (SSSR count). The lowest BCUT2D eigenvalue weighted by atomic mass is 9.99. The SMILES string of the molecule is NC1CCCCc2c(F)cc(F)cc21. The second kappa shape index (κ2) is 3.65. The Morgan fingerprint density at radius 1 is 1.21 bits per heavy atom. The first-order valence-corrected chi connectivity index (χ1v) is 4.92. The number of benzene rings is 1. The Balaban J connectivity index is 2.53. The molecule has 0 aliphatic heterocycles. The van der Waals surface area contributed by atoms with Gasteiger partial charge in [0.15, 0.2) is 0 Å². The zero-order valence-corrected chi connectivity index (χ0v) is 7.89. The monoisotopic (exact) mass is 197 g/mol. The number of halogens is 2. The van der Waals surface area contributed by atoms with Gasteiger partial charge in [0.05, 0.1) is 0 Å². The molecule has 0 bridgehead atoms. The van der Waals surface area contributed by atoms with Gasteiger partial charge in [-0.1, -0.05) is 6.42 Å². The Hall–Kier alpha value is -0.960. The Morgan fingerprint density at radius 3 is 2.79 bits per heavy atom. The van der Waals surface area contributed by atoms with E-state index in [0.29, 0.717) is 17.5 Å². The molecule has 1 aliphatic rings. The van der Waals surface area contributed by atoms with Crippen molar-refractivity contribution in [2.75, 3.05) is 0 Å². The summed E-state index contributed by atoms with van der Waals surface area (Å²) >= 11 is 0. The summed E-state index contributed by atoms with van der Waals surface area (Å²) in [5.41, 5.74) is 7.11. The molecule has 0 fully saturated rings. The van der Waals surface area contributed by atoms with E-state index in [0.717, 1.165) is 25.3 Å². The average Bonchev–Trinajstić information content (AvgIpc) is 2.29.